The van der Waals surface area contributed by atoms with Gasteiger partial charge in [-0.25, -0.2) is 0 Å². The van der Waals surface area contributed by atoms with Crippen LogP contribution >= 0.6 is 0 Å². The van der Waals surface area contributed by atoms with Gasteiger partial charge in [0.15, 0.2) is 0 Å². The van der Waals surface area contributed by atoms with Crippen molar-refractivity contribution in [2.45, 2.75) is 25.7 Å². The van der Waals surface area contributed by atoms with E-state index in [9.17, 15) is 0 Å². The fraction of sp³-hybridized carbons (Fsp3) is 1.00. The van der Waals surface area contributed by atoms with E-state index in [1.54, 1.807) is 25.7 Å². The van der Waals surface area contributed by atoms with Gasteiger partial charge in [0.2, 0.25) is 0 Å². The number of hydrogen-bond acceptors (Lipinski definition) is 0. The topological polar surface area (TPSA) is 0 Å². The molecule has 0 aliphatic heterocycles. The lowest BCUT2D eigenvalue weighted by molar-refractivity contribution is -0.482. The molecule has 0 radical (unpaired) electrons. The average molecular weight is 264 g/mol. The first-order valence-corrected chi connectivity index (χ1v) is 9.97. The average Bonchev–Trinajstić information content (AvgIpc) is 2.36. The molecule has 4 unspecified atom stereocenters. The fourth-order valence-electron chi connectivity index (χ4n) is 11.5. The minimum Gasteiger partial charge on any atom is -0.0496 e. The first kappa shape index (κ1) is 9.21. The standard InChI is InChI=1S/C20H24/c1-2-6-5(1)9-10(6)14-13(9)17-18(14)20-16-12-8-4-3-7(8)11(12)15(16)19(17)20/h5-20H,1-4H2/t5-,6+,7-,8+,9+,10-,11+,12-,13-,14-,15-,16+,17?,18?,19?,20?/m1/s1. The Hall–Kier alpha value is 0. The van der Waals surface area contributed by atoms with E-state index in [4.69, 9.17) is 0 Å². The van der Waals surface area contributed by atoms with E-state index in [-0.39, 0.29) is 0 Å². The van der Waals surface area contributed by atoms with Gasteiger partial charge in [-0.1, -0.05) is 0 Å². The van der Waals surface area contributed by atoms with Crippen LogP contribution in [0.2, 0.25) is 0 Å². The molecular weight excluding hydrogens is 240 g/mol. The highest BCUT2D eigenvalue weighted by Crippen LogP contribution is 2.94. The fourth-order valence-corrected chi connectivity index (χ4v) is 11.5. The molecule has 0 heterocycles. The van der Waals surface area contributed by atoms with Crippen molar-refractivity contribution in [3.8, 4) is 0 Å². The highest BCUT2D eigenvalue weighted by atomic mass is 14.9. The number of hydrogen-bond donors (Lipinski definition) is 0. The third-order valence-electron chi connectivity index (χ3n) is 11.9. The summed E-state index contributed by atoms with van der Waals surface area (Å²) in [6.07, 6.45) is 6.56. The third-order valence-corrected chi connectivity index (χ3v) is 11.9. The molecule has 0 amide bonds. The van der Waals surface area contributed by atoms with E-state index in [0.29, 0.717) is 0 Å². The first-order chi connectivity index (χ1) is 9.97. The molecule has 0 spiro atoms. The first-order valence-electron chi connectivity index (χ1n) is 9.97. The lowest BCUT2D eigenvalue weighted by Gasteiger charge is -2.95. The zero-order valence-electron chi connectivity index (χ0n) is 12.1. The van der Waals surface area contributed by atoms with Crippen LogP contribution in [0.15, 0.2) is 0 Å². The summed E-state index contributed by atoms with van der Waals surface area (Å²) >= 11 is 0. The van der Waals surface area contributed by atoms with E-state index >= 15 is 0 Å². The van der Waals surface area contributed by atoms with Crippen molar-refractivity contribution in [2.24, 2.45) is 94.7 Å². The minimum absolute atomic E-state index is 1.27. The highest BCUT2D eigenvalue weighted by molar-refractivity contribution is 5.37. The summed E-state index contributed by atoms with van der Waals surface area (Å²) in [4.78, 5) is 0. The van der Waals surface area contributed by atoms with Crippen molar-refractivity contribution >= 4 is 0 Å². The maximum Gasteiger partial charge on any atom is -0.0312 e. The van der Waals surface area contributed by atoms with Crippen molar-refractivity contribution in [2.75, 3.05) is 0 Å². The van der Waals surface area contributed by atoms with Crippen LogP contribution in [-0.2, 0) is 0 Å². The molecule has 0 aromatic heterocycles. The Bertz CT molecular complexity index is 481. The monoisotopic (exact) mass is 264 g/mol. The maximum atomic E-state index is 1.64. The summed E-state index contributed by atoms with van der Waals surface area (Å²) < 4.78 is 0. The van der Waals surface area contributed by atoms with E-state index in [2.05, 4.69) is 0 Å². The molecule has 9 fully saturated rings. The second-order valence-electron chi connectivity index (χ2n) is 10.7. The molecule has 16 atom stereocenters. The van der Waals surface area contributed by atoms with Crippen molar-refractivity contribution in [1.29, 1.82) is 0 Å². The van der Waals surface area contributed by atoms with Gasteiger partial charge in [0.05, 0.1) is 0 Å². The molecule has 104 valence electrons. The molecule has 0 aromatic carbocycles. The predicted octanol–water partition coefficient (Wildman–Crippen LogP) is 3.53. The number of rotatable bonds is 0. The summed E-state index contributed by atoms with van der Waals surface area (Å²) in [5.41, 5.74) is 0. The van der Waals surface area contributed by atoms with Crippen LogP contribution in [0.4, 0.5) is 0 Å². The smallest absolute Gasteiger partial charge is 0.0312 e. The summed E-state index contributed by atoms with van der Waals surface area (Å²) in [7, 11) is 0. The van der Waals surface area contributed by atoms with Crippen LogP contribution in [0.3, 0.4) is 0 Å². The summed E-state index contributed by atoms with van der Waals surface area (Å²) in [6, 6.07) is 0. The van der Waals surface area contributed by atoms with Gasteiger partial charge in [-0.15, -0.1) is 0 Å². The van der Waals surface area contributed by atoms with Gasteiger partial charge in [0.25, 0.3) is 0 Å². The van der Waals surface area contributed by atoms with Crippen LogP contribution in [-0.4, -0.2) is 0 Å². The van der Waals surface area contributed by atoms with E-state index in [1.807, 2.05) is 0 Å². The molecule has 0 heteroatoms. The number of fused-ring (bicyclic) bond motifs is 22. The lowest BCUT2D eigenvalue weighted by Crippen LogP contribution is -2.91. The molecule has 20 heavy (non-hydrogen) atoms. The van der Waals surface area contributed by atoms with Gasteiger partial charge < -0.3 is 0 Å². The lowest BCUT2D eigenvalue weighted by atomic mass is 9.09. The molecular formula is C20H24. The van der Waals surface area contributed by atoms with Crippen LogP contribution in [0, 0.1) is 94.7 Å². The summed E-state index contributed by atoms with van der Waals surface area (Å²) in [5.74, 6) is 20.8. The summed E-state index contributed by atoms with van der Waals surface area (Å²) in [6.45, 7) is 0. The van der Waals surface area contributed by atoms with E-state index in [1.165, 1.54) is 94.7 Å². The predicted molar refractivity (Wildman–Crippen MR) is 74.3 cm³/mol. The van der Waals surface area contributed by atoms with Crippen molar-refractivity contribution in [1.82, 2.24) is 0 Å². The van der Waals surface area contributed by atoms with Crippen molar-refractivity contribution < 1.29 is 0 Å². The van der Waals surface area contributed by atoms with Crippen LogP contribution in [0.5, 0.6) is 0 Å². The van der Waals surface area contributed by atoms with Crippen LogP contribution < -0.4 is 0 Å². The second kappa shape index (κ2) is 2.28. The second-order valence-corrected chi connectivity index (χ2v) is 10.7. The molecule has 0 N–H and O–H groups in total. The van der Waals surface area contributed by atoms with Crippen LogP contribution in [0.25, 0.3) is 0 Å². The van der Waals surface area contributed by atoms with Gasteiger partial charge in [-0.05, 0) is 120 Å². The van der Waals surface area contributed by atoms with Gasteiger partial charge in [0, 0.05) is 0 Å². The van der Waals surface area contributed by atoms with Gasteiger partial charge >= 0.3 is 0 Å². The molecule has 9 rings (SSSR count). The minimum atomic E-state index is 1.27. The Kier molecular flexibility index (Phi) is 1.05. The molecule has 9 aliphatic carbocycles. The Labute approximate surface area is 121 Å². The third kappa shape index (κ3) is 0.542. The largest absolute Gasteiger partial charge is 0.0496 e. The van der Waals surface area contributed by atoms with Gasteiger partial charge in [0.1, 0.15) is 0 Å². The maximum absolute atomic E-state index is 1.64. The zero-order chi connectivity index (χ0) is 12.1. The van der Waals surface area contributed by atoms with Crippen molar-refractivity contribution in [3.05, 3.63) is 0 Å². The van der Waals surface area contributed by atoms with Crippen molar-refractivity contribution in [3.63, 3.8) is 0 Å². The van der Waals surface area contributed by atoms with E-state index < -0.39 is 0 Å². The SMILES string of the molecule is C1C[C@H]2[C@@H]1[C@@H]1[C@H]3C4C(C5C4[C@H]4[C@H]5[C@@H]5[C@H]6CC[C@H]6[C@H]45)[C@H]3[C@H]21. The van der Waals surface area contributed by atoms with Gasteiger partial charge in [-0.2, -0.15) is 0 Å². The molecule has 0 nitrogen and oxygen atoms in total. The van der Waals surface area contributed by atoms with Crippen LogP contribution in [0.1, 0.15) is 25.7 Å². The Morgan fingerprint density at radius 1 is 0.250 bits per heavy atom. The quantitative estimate of drug-likeness (QED) is 0.587. The molecule has 0 aromatic rings. The Morgan fingerprint density at radius 2 is 0.450 bits per heavy atom. The summed E-state index contributed by atoms with van der Waals surface area (Å²) in [5, 5.41) is 0. The van der Waals surface area contributed by atoms with E-state index in [0.717, 1.165) is 0 Å². The molecule has 9 saturated carbocycles. The highest BCUT2D eigenvalue weighted by Gasteiger charge is 2.90. The zero-order valence-corrected chi connectivity index (χ0v) is 12.1. The molecule has 0 bridgehead atoms. The Morgan fingerprint density at radius 3 is 0.650 bits per heavy atom. The Balaban J connectivity index is 1.09. The molecule has 0 saturated heterocycles. The van der Waals surface area contributed by atoms with Gasteiger partial charge in [-0.3, -0.25) is 0 Å². The molecule has 9 aliphatic rings. The normalized spacial score (nSPS) is 91.2.